The smallest absolute Gasteiger partial charge is 0.119 e. The average molecular weight is 249 g/mol. The molecule has 1 atom stereocenters. The maximum Gasteiger partial charge on any atom is 0.119 e. The second kappa shape index (κ2) is 3.41. The molecule has 2 heteroatoms. The number of methoxy groups -OCH3 is 1. The van der Waals surface area contributed by atoms with Crippen LogP contribution in [0.2, 0.25) is 0 Å². The van der Waals surface area contributed by atoms with Gasteiger partial charge in [-0.3, -0.25) is 0 Å². The van der Waals surface area contributed by atoms with E-state index in [9.17, 15) is 0 Å². The van der Waals surface area contributed by atoms with E-state index in [1.54, 1.807) is 7.11 Å². The van der Waals surface area contributed by atoms with Crippen molar-refractivity contribution in [1.29, 1.82) is 0 Å². The lowest BCUT2D eigenvalue weighted by atomic mass is 9.57. The van der Waals surface area contributed by atoms with Gasteiger partial charge < -0.3 is 10.5 Å². The highest BCUT2D eigenvalue weighted by Gasteiger charge is 2.46. The Morgan fingerprint density at radius 3 is 2.84 bits per heavy atom. The quantitative estimate of drug-likeness (QED) is 0.829. The molecular formula is C17H15NO. The van der Waals surface area contributed by atoms with E-state index in [0.717, 1.165) is 23.4 Å². The van der Waals surface area contributed by atoms with Crippen LogP contribution in [0, 0.1) is 5.41 Å². The van der Waals surface area contributed by atoms with Crippen molar-refractivity contribution in [3.05, 3.63) is 65.3 Å². The van der Waals surface area contributed by atoms with Gasteiger partial charge in [0, 0.05) is 16.7 Å². The zero-order valence-electron chi connectivity index (χ0n) is 10.8. The molecule has 0 heterocycles. The van der Waals surface area contributed by atoms with E-state index >= 15 is 0 Å². The van der Waals surface area contributed by atoms with Crippen LogP contribution < -0.4 is 10.5 Å². The largest absolute Gasteiger partial charge is 0.497 e. The summed E-state index contributed by atoms with van der Waals surface area (Å²) < 4.78 is 5.34. The summed E-state index contributed by atoms with van der Waals surface area (Å²) in [5, 5.41) is 0. The molecule has 0 aliphatic heterocycles. The number of nitrogens with two attached hydrogens (primary N) is 1. The molecule has 0 bridgehead atoms. The number of benzene rings is 1. The third-order valence-corrected chi connectivity index (χ3v) is 4.44. The van der Waals surface area contributed by atoms with Crippen LogP contribution in [0.4, 0.5) is 0 Å². The minimum absolute atomic E-state index is 0.0121. The van der Waals surface area contributed by atoms with Crippen LogP contribution >= 0.6 is 0 Å². The van der Waals surface area contributed by atoms with Crippen LogP contribution in [0.15, 0.2) is 54.2 Å². The minimum Gasteiger partial charge on any atom is -0.497 e. The van der Waals surface area contributed by atoms with Crippen LogP contribution in [-0.4, -0.2) is 7.11 Å². The summed E-state index contributed by atoms with van der Waals surface area (Å²) in [6, 6.07) is 6.13. The van der Waals surface area contributed by atoms with Crippen LogP contribution in [0.1, 0.15) is 17.5 Å². The van der Waals surface area contributed by atoms with Crippen LogP contribution in [0.5, 0.6) is 5.75 Å². The standard InChI is InChI=1S/C17H15NO/c1-19-11-5-6-12-13(10-11)14-7-9-17(14)8-3-2-4-15(17)16(12)18/h2-8,10H,9,18H2,1H3. The van der Waals surface area contributed by atoms with E-state index in [1.807, 2.05) is 6.07 Å². The number of allylic oxidation sites excluding steroid dienone is 7. The van der Waals surface area contributed by atoms with Crippen molar-refractivity contribution in [3.63, 3.8) is 0 Å². The summed E-state index contributed by atoms with van der Waals surface area (Å²) in [6.07, 6.45) is 11.9. The summed E-state index contributed by atoms with van der Waals surface area (Å²) in [7, 11) is 1.70. The third-order valence-electron chi connectivity index (χ3n) is 4.44. The topological polar surface area (TPSA) is 35.2 Å². The predicted molar refractivity (Wildman–Crippen MR) is 77.4 cm³/mol. The van der Waals surface area contributed by atoms with Gasteiger partial charge in [0.1, 0.15) is 5.75 Å². The Morgan fingerprint density at radius 1 is 1.21 bits per heavy atom. The van der Waals surface area contributed by atoms with Gasteiger partial charge in [0.2, 0.25) is 0 Å². The lowest BCUT2D eigenvalue weighted by molar-refractivity contribution is 0.414. The minimum atomic E-state index is 0.0121. The fraction of sp³-hybridized carbons (Fsp3) is 0.176. The average Bonchev–Trinajstić information content (AvgIpc) is 2.44. The van der Waals surface area contributed by atoms with Gasteiger partial charge in [-0.05, 0) is 41.3 Å². The molecule has 2 N–H and O–H groups in total. The fourth-order valence-electron chi connectivity index (χ4n) is 3.38. The fourth-order valence-corrected chi connectivity index (χ4v) is 3.38. The molecule has 0 saturated carbocycles. The normalized spacial score (nSPS) is 26.1. The number of rotatable bonds is 1. The van der Waals surface area contributed by atoms with Crippen LogP contribution in [0.3, 0.4) is 0 Å². The highest BCUT2D eigenvalue weighted by atomic mass is 16.5. The highest BCUT2D eigenvalue weighted by Crippen LogP contribution is 2.60. The molecule has 19 heavy (non-hydrogen) atoms. The Balaban J connectivity index is 2.04. The number of hydrogen-bond acceptors (Lipinski definition) is 2. The first-order valence-electron chi connectivity index (χ1n) is 6.52. The van der Waals surface area contributed by atoms with Gasteiger partial charge in [0.05, 0.1) is 7.11 Å². The molecule has 1 aromatic rings. The van der Waals surface area contributed by atoms with E-state index in [1.165, 1.54) is 16.7 Å². The number of hydrogen-bond donors (Lipinski definition) is 1. The Hall–Kier alpha value is -2.22. The monoisotopic (exact) mass is 249 g/mol. The maximum absolute atomic E-state index is 6.40. The lowest BCUT2D eigenvalue weighted by Gasteiger charge is -2.46. The van der Waals surface area contributed by atoms with Crippen molar-refractivity contribution < 1.29 is 4.74 Å². The molecule has 3 aliphatic carbocycles. The van der Waals surface area contributed by atoms with Crippen LogP contribution in [-0.2, 0) is 0 Å². The summed E-state index contributed by atoms with van der Waals surface area (Å²) in [4.78, 5) is 0. The molecule has 0 amide bonds. The molecule has 1 unspecified atom stereocenters. The van der Waals surface area contributed by atoms with E-state index in [-0.39, 0.29) is 5.41 Å². The van der Waals surface area contributed by atoms with Crippen molar-refractivity contribution in [2.75, 3.05) is 7.11 Å². The van der Waals surface area contributed by atoms with Gasteiger partial charge in [-0.2, -0.15) is 0 Å². The first-order valence-corrected chi connectivity index (χ1v) is 6.52. The van der Waals surface area contributed by atoms with Gasteiger partial charge in [-0.15, -0.1) is 0 Å². The van der Waals surface area contributed by atoms with Crippen molar-refractivity contribution in [2.45, 2.75) is 6.42 Å². The van der Waals surface area contributed by atoms with E-state index in [2.05, 4.69) is 42.5 Å². The molecule has 3 aliphatic rings. The molecular weight excluding hydrogens is 234 g/mol. The second-order valence-electron chi connectivity index (χ2n) is 5.25. The van der Waals surface area contributed by atoms with E-state index < -0.39 is 0 Å². The molecule has 0 aromatic heterocycles. The third kappa shape index (κ3) is 1.16. The van der Waals surface area contributed by atoms with E-state index in [0.29, 0.717) is 0 Å². The summed E-state index contributed by atoms with van der Waals surface area (Å²) >= 11 is 0. The van der Waals surface area contributed by atoms with Crippen molar-refractivity contribution in [1.82, 2.24) is 0 Å². The Kier molecular flexibility index (Phi) is 1.92. The highest BCUT2D eigenvalue weighted by molar-refractivity contribution is 5.96. The molecule has 2 nitrogen and oxygen atoms in total. The maximum atomic E-state index is 6.40. The van der Waals surface area contributed by atoms with Gasteiger partial charge in [-0.25, -0.2) is 0 Å². The molecule has 1 aromatic carbocycles. The SMILES string of the molecule is COc1ccc2c(c1)C1=CCC13C=CC=CC3=C2N. The van der Waals surface area contributed by atoms with Crippen LogP contribution in [0.25, 0.3) is 11.3 Å². The molecule has 0 radical (unpaired) electrons. The summed E-state index contributed by atoms with van der Waals surface area (Å²) in [5.74, 6) is 0.883. The van der Waals surface area contributed by atoms with Crippen molar-refractivity contribution in [3.8, 4) is 5.75 Å². The molecule has 4 rings (SSSR count). The Morgan fingerprint density at radius 2 is 2.11 bits per heavy atom. The number of ether oxygens (including phenoxy) is 1. The molecule has 1 spiro atoms. The second-order valence-corrected chi connectivity index (χ2v) is 5.25. The van der Waals surface area contributed by atoms with Gasteiger partial charge in [0.15, 0.2) is 0 Å². The first kappa shape index (κ1) is 10.7. The van der Waals surface area contributed by atoms with Gasteiger partial charge in [-0.1, -0.05) is 30.4 Å². The zero-order chi connectivity index (χ0) is 13.0. The summed E-state index contributed by atoms with van der Waals surface area (Å²) in [6.45, 7) is 0. The predicted octanol–water partition coefficient (Wildman–Crippen LogP) is 3.28. The zero-order valence-corrected chi connectivity index (χ0v) is 10.8. The molecule has 94 valence electrons. The molecule has 0 saturated heterocycles. The summed E-state index contributed by atoms with van der Waals surface area (Å²) in [5.41, 5.74) is 12.3. The number of fused-ring (bicyclic) bond motifs is 2. The Bertz CT molecular complexity index is 706. The Labute approximate surface area is 112 Å². The van der Waals surface area contributed by atoms with E-state index in [4.69, 9.17) is 10.5 Å². The molecule has 0 fully saturated rings. The van der Waals surface area contributed by atoms with Gasteiger partial charge in [0.25, 0.3) is 0 Å². The van der Waals surface area contributed by atoms with Crippen molar-refractivity contribution >= 4 is 11.3 Å². The first-order chi connectivity index (χ1) is 9.26. The van der Waals surface area contributed by atoms with Gasteiger partial charge >= 0.3 is 0 Å². The lowest BCUT2D eigenvalue weighted by Crippen LogP contribution is -2.34. The van der Waals surface area contributed by atoms with Crippen molar-refractivity contribution in [2.24, 2.45) is 11.1 Å².